The third-order valence-electron chi connectivity index (χ3n) is 7.98. The summed E-state index contributed by atoms with van der Waals surface area (Å²) in [6, 6.07) is 60.8. The van der Waals surface area contributed by atoms with E-state index in [-0.39, 0.29) is 0 Å². The van der Waals surface area contributed by atoms with Crippen LogP contribution in [0, 0.1) is 0 Å². The Morgan fingerprint density at radius 2 is 0.814 bits per heavy atom. The minimum Gasteiger partial charge on any atom is -0.308 e. The number of para-hydroxylation sites is 4. The number of hydrogen-bond donors (Lipinski definition) is 0. The molecule has 0 spiro atoms. The molecule has 0 aliphatic heterocycles. The molecule has 0 aliphatic carbocycles. The molecule has 2 nitrogen and oxygen atoms in total. The molecule has 0 atom stereocenters. The average Bonchev–Trinajstić information content (AvgIpc) is 3.44. The topological polar surface area (TPSA) is 6.48 Å². The van der Waals surface area contributed by atoms with Gasteiger partial charge in [-0.3, -0.25) is 0 Å². The van der Waals surface area contributed by atoms with Gasteiger partial charge in [0.2, 0.25) is 0 Å². The molecule has 0 N–H and O–H groups in total. The highest BCUT2D eigenvalue weighted by molar-refractivity contribution is 7.26. The summed E-state index contributed by atoms with van der Waals surface area (Å²) >= 11 is 1.87. The quantitative estimate of drug-likeness (QED) is 0.197. The third kappa shape index (κ3) is 4.51. The van der Waals surface area contributed by atoms with E-state index in [9.17, 15) is 0 Å². The van der Waals surface area contributed by atoms with Gasteiger partial charge in [-0.15, -0.1) is 11.3 Å². The maximum absolute atomic E-state index is 2.42. The summed E-state index contributed by atoms with van der Waals surface area (Å²) in [7, 11) is 0. The van der Waals surface area contributed by atoms with E-state index in [0.717, 1.165) is 34.1 Å². The van der Waals surface area contributed by atoms with Gasteiger partial charge >= 0.3 is 0 Å². The fourth-order valence-corrected chi connectivity index (χ4v) is 7.30. The maximum Gasteiger partial charge on any atom is 0.0883 e. The van der Waals surface area contributed by atoms with Crippen molar-refractivity contribution < 1.29 is 0 Å². The van der Waals surface area contributed by atoms with E-state index in [1.165, 1.54) is 30.9 Å². The Labute approximate surface area is 255 Å². The molecule has 0 fully saturated rings. The second-order valence-electron chi connectivity index (χ2n) is 10.6. The standard InChI is InChI=1S/C40H28N2S/c1-5-17-31(18-6-1)41(32-19-7-2-8-20-32)37-26-25-35-36-27-29-15-13-14-16-30(29)28-38(36)43-40(35)39(37)42(33-21-9-3-10-22-33)34-23-11-4-12-24-34/h1-28H. The summed E-state index contributed by atoms with van der Waals surface area (Å²) in [6.07, 6.45) is 0. The van der Waals surface area contributed by atoms with Crippen LogP contribution in [0.4, 0.5) is 34.1 Å². The number of benzene rings is 7. The maximum atomic E-state index is 2.42. The van der Waals surface area contributed by atoms with Crippen LogP contribution in [0.2, 0.25) is 0 Å². The van der Waals surface area contributed by atoms with Gasteiger partial charge in [-0.05, 0) is 77.5 Å². The molecule has 7 aromatic carbocycles. The third-order valence-corrected chi connectivity index (χ3v) is 9.16. The van der Waals surface area contributed by atoms with E-state index in [0.29, 0.717) is 0 Å². The van der Waals surface area contributed by atoms with Crippen LogP contribution in [0.1, 0.15) is 0 Å². The lowest BCUT2D eigenvalue weighted by atomic mass is 10.0. The summed E-state index contributed by atoms with van der Waals surface area (Å²) < 4.78 is 2.55. The van der Waals surface area contributed by atoms with Crippen LogP contribution < -0.4 is 9.80 Å². The monoisotopic (exact) mass is 568 g/mol. The van der Waals surface area contributed by atoms with E-state index in [1.54, 1.807) is 0 Å². The van der Waals surface area contributed by atoms with Crippen molar-refractivity contribution in [1.82, 2.24) is 0 Å². The number of nitrogens with zero attached hydrogens (tertiary/aromatic N) is 2. The second-order valence-corrected chi connectivity index (χ2v) is 11.7. The minimum absolute atomic E-state index is 1.11. The van der Waals surface area contributed by atoms with Gasteiger partial charge in [-0.1, -0.05) is 103 Å². The number of anilines is 6. The van der Waals surface area contributed by atoms with Crippen LogP contribution in [-0.2, 0) is 0 Å². The number of fused-ring (bicyclic) bond motifs is 4. The van der Waals surface area contributed by atoms with E-state index in [4.69, 9.17) is 0 Å². The van der Waals surface area contributed by atoms with E-state index < -0.39 is 0 Å². The Hall–Kier alpha value is -5.38. The Bertz CT molecular complexity index is 2090. The van der Waals surface area contributed by atoms with Crippen molar-refractivity contribution >= 4 is 76.4 Å². The van der Waals surface area contributed by atoms with Gasteiger partial charge in [0.15, 0.2) is 0 Å². The molecule has 3 heteroatoms. The van der Waals surface area contributed by atoms with Gasteiger partial charge in [-0.25, -0.2) is 0 Å². The Kier molecular flexibility index (Phi) is 6.36. The van der Waals surface area contributed by atoms with Crippen LogP contribution in [0.5, 0.6) is 0 Å². The highest BCUT2D eigenvalue weighted by Gasteiger charge is 2.26. The fraction of sp³-hybridized carbons (Fsp3) is 0. The first-order chi connectivity index (χ1) is 21.3. The molecular formula is C40H28N2S. The molecule has 0 amide bonds. The highest BCUT2D eigenvalue weighted by atomic mass is 32.1. The molecule has 0 saturated carbocycles. The van der Waals surface area contributed by atoms with Crippen molar-refractivity contribution in [2.24, 2.45) is 0 Å². The number of rotatable bonds is 6. The molecule has 8 rings (SSSR count). The van der Waals surface area contributed by atoms with Crippen LogP contribution in [-0.4, -0.2) is 0 Å². The fourth-order valence-electron chi connectivity index (χ4n) is 6.04. The lowest BCUT2D eigenvalue weighted by Gasteiger charge is -2.33. The van der Waals surface area contributed by atoms with Crippen LogP contribution in [0.15, 0.2) is 170 Å². The van der Waals surface area contributed by atoms with Crippen molar-refractivity contribution in [3.05, 3.63) is 170 Å². The summed E-state index contributed by atoms with van der Waals surface area (Å²) in [5.41, 5.74) is 6.74. The number of thiophene rings is 1. The van der Waals surface area contributed by atoms with Crippen LogP contribution >= 0.6 is 11.3 Å². The Balaban J connectivity index is 1.51. The predicted molar refractivity (Wildman–Crippen MR) is 186 cm³/mol. The molecule has 0 unspecified atom stereocenters. The second kappa shape index (κ2) is 10.8. The lowest BCUT2D eigenvalue weighted by molar-refractivity contribution is 1.24. The van der Waals surface area contributed by atoms with Gasteiger partial charge in [0, 0.05) is 38.2 Å². The SMILES string of the molecule is c1ccc(N(c2ccccc2)c2ccc3c(sc4cc5ccccc5cc43)c2N(c2ccccc2)c2ccccc2)cc1. The largest absolute Gasteiger partial charge is 0.308 e. The summed E-state index contributed by atoms with van der Waals surface area (Å²) in [5, 5.41) is 5.08. The molecule has 8 aromatic rings. The molecular weight excluding hydrogens is 541 g/mol. The zero-order valence-corrected chi connectivity index (χ0v) is 24.3. The van der Waals surface area contributed by atoms with Gasteiger partial charge in [0.25, 0.3) is 0 Å². The summed E-state index contributed by atoms with van der Waals surface area (Å²) in [4.78, 5) is 4.81. The Morgan fingerprint density at radius 3 is 1.33 bits per heavy atom. The van der Waals surface area contributed by atoms with E-state index in [2.05, 4.69) is 180 Å². The number of hydrogen-bond acceptors (Lipinski definition) is 3. The molecule has 0 radical (unpaired) electrons. The average molecular weight is 569 g/mol. The zero-order chi connectivity index (χ0) is 28.6. The smallest absolute Gasteiger partial charge is 0.0883 e. The minimum atomic E-state index is 1.11. The first kappa shape index (κ1) is 25.3. The van der Waals surface area contributed by atoms with E-state index >= 15 is 0 Å². The van der Waals surface area contributed by atoms with Gasteiger partial charge in [0.1, 0.15) is 0 Å². The molecule has 0 bridgehead atoms. The van der Waals surface area contributed by atoms with E-state index in [1.807, 2.05) is 11.3 Å². The molecule has 43 heavy (non-hydrogen) atoms. The van der Waals surface area contributed by atoms with Crippen molar-refractivity contribution in [2.45, 2.75) is 0 Å². The summed E-state index contributed by atoms with van der Waals surface area (Å²) in [6.45, 7) is 0. The molecule has 0 saturated heterocycles. The molecule has 1 aromatic heterocycles. The summed E-state index contributed by atoms with van der Waals surface area (Å²) in [5.74, 6) is 0. The van der Waals surface area contributed by atoms with Crippen molar-refractivity contribution in [1.29, 1.82) is 0 Å². The van der Waals surface area contributed by atoms with Crippen LogP contribution in [0.3, 0.4) is 0 Å². The van der Waals surface area contributed by atoms with Gasteiger partial charge in [0.05, 0.1) is 16.1 Å². The lowest BCUT2D eigenvalue weighted by Crippen LogP contribution is -2.17. The van der Waals surface area contributed by atoms with Gasteiger partial charge < -0.3 is 9.80 Å². The van der Waals surface area contributed by atoms with Crippen LogP contribution in [0.25, 0.3) is 30.9 Å². The molecule has 1 heterocycles. The van der Waals surface area contributed by atoms with Gasteiger partial charge in [-0.2, -0.15) is 0 Å². The highest BCUT2D eigenvalue weighted by Crippen LogP contribution is 2.52. The van der Waals surface area contributed by atoms with Crippen molar-refractivity contribution in [3.63, 3.8) is 0 Å². The molecule has 0 aliphatic rings. The first-order valence-electron chi connectivity index (χ1n) is 14.5. The normalized spacial score (nSPS) is 11.3. The Morgan fingerprint density at radius 1 is 0.372 bits per heavy atom. The molecule has 204 valence electrons. The predicted octanol–water partition coefficient (Wildman–Crippen LogP) is 12.1. The first-order valence-corrected chi connectivity index (χ1v) is 15.4. The van der Waals surface area contributed by atoms with Crippen molar-refractivity contribution in [3.8, 4) is 0 Å². The zero-order valence-electron chi connectivity index (χ0n) is 23.5. The van der Waals surface area contributed by atoms with Crippen molar-refractivity contribution in [2.75, 3.05) is 9.80 Å².